The Bertz CT molecular complexity index is 714. The van der Waals surface area contributed by atoms with Crippen molar-refractivity contribution in [2.45, 2.75) is 20.8 Å². The van der Waals surface area contributed by atoms with Gasteiger partial charge in [-0.05, 0) is 26.3 Å². The van der Waals surface area contributed by atoms with E-state index in [2.05, 4.69) is 14.8 Å². The van der Waals surface area contributed by atoms with Crippen molar-refractivity contribution in [3.63, 3.8) is 0 Å². The van der Waals surface area contributed by atoms with Crippen LogP contribution in [-0.2, 0) is 15.2 Å². The largest absolute Gasteiger partial charge is 0.488 e. The molecule has 1 rings (SSSR count). The third-order valence-electron chi connectivity index (χ3n) is 2.90. The van der Waals surface area contributed by atoms with Crippen LogP contribution < -0.4 is 4.18 Å². The van der Waals surface area contributed by atoms with Gasteiger partial charge in [0.1, 0.15) is 0 Å². The van der Waals surface area contributed by atoms with Crippen LogP contribution in [0.4, 0.5) is 3.89 Å². The Morgan fingerprint density at radius 2 is 1.75 bits per heavy atom. The van der Waals surface area contributed by atoms with Gasteiger partial charge in [-0.25, -0.2) is 4.79 Å². The molecule has 0 spiro atoms. The summed E-state index contributed by atoms with van der Waals surface area (Å²) in [6, 6.07) is 0. The molecule has 0 heterocycles. The molecule has 5 nitrogen and oxygen atoms in total. The summed E-state index contributed by atoms with van der Waals surface area (Å²) in [6.45, 7) is 4.50. The number of rotatable bonds is 3. The number of hydrogen-bond donors (Lipinski definition) is 0. The second kappa shape index (κ2) is 5.51. The first-order chi connectivity index (χ1) is 9.14. The van der Waals surface area contributed by atoms with Crippen molar-refractivity contribution in [1.29, 1.82) is 0 Å². The maximum Gasteiger partial charge on any atom is 0.488 e. The fourth-order valence-corrected chi connectivity index (χ4v) is 2.49. The molecule has 1 aromatic carbocycles. The number of benzene rings is 1. The van der Waals surface area contributed by atoms with Gasteiger partial charge in [0.15, 0.2) is 5.75 Å². The van der Waals surface area contributed by atoms with Crippen LogP contribution in [-0.4, -0.2) is 21.5 Å². The predicted octanol–water partition coefficient (Wildman–Crippen LogP) is 1.97. The van der Waals surface area contributed by atoms with Gasteiger partial charge in [0.05, 0.1) is 12.7 Å². The first-order valence-electron chi connectivity index (χ1n) is 5.46. The lowest BCUT2D eigenvalue weighted by Crippen LogP contribution is -2.13. The fourth-order valence-electron chi connectivity index (χ4n) is 2.05. The van der Waals surface area contributed by atoms with Gasteiger partial charge in [-0.2, -0.15) is 8.42 Å². The SMILES string of the molecule is C#Cc1c(C)c(OS(=O)(=O)F)c(C)c(C(=O)OC)c1C. The lowest BCUT2D eigenvalue weighted by atomic mass is 9.92. The van der Waals surface area contributed by atoms with Gasteiger partial charge in [0.2, 0.25) is 0 Å². The summed E-state index contributed by atoms with van der Waals surface area (Å²) in [7, 11) is -4.06. The quantitative estimate of drug-likeness (QED) is 0.485. The molecule has 0 atom stereocenters. The molecule has 0 saturated heterocycles. The topological polar surface area (TPSA) is 69.7 Å². The highest BCUT2D eigenvalue weighted by Crippen LogP contribution is 2.34. The van der Waals surface area contributed by atoms with Gasteiger partial charge >= 0.3 is 16.5 Å². The third-order valence-corrected chi connectivity index (χ3v) is 3.26. The molecule has 0 aliphatic carbocycles. The van der Waals surface area contributed by atoms with Gasteiger partial charge in [-0.1, -0.05) is 9.81 Å². The predicted molar refractivity (Wildman–Crippen MR) is 70.6 cm³/mol. The lowest BCUT2D eigenvalue weighted by Gasteiger charge is -2.17. The molecule has 0 aromatic heterocycles. The average Bonchev–Trinajstić information content (AvgIpc) is 2.34. The second-order valence-corrected chi connectivity index (χ2v) is 5.02. The summed E-state index contributed by atoms with van der Waals surface area (Å²) in [4.78, 5) is 11.8. The first-order valence-corrected chi connectivity index (χ1v) is 6.77. The molecule has 0 aliphatic heterocycles. The molecule has 0 unspecified atom stereocenters. The van der Waals surface area contributed by atoms with E-state index in [0.29, 0.717) is 5.56 Å². The van der Waals surface area contributed by atoms with Gasteiger partial charge < -0.3 is 8.92 Å². The van der Waals surface area contributed by atoms with Gasteiger partial charge in [-0.15, -0.1) is 6.42 Å². The minimum absolute atomic E-state index is 0.0599. The van der Waals surface area contributed by atoms with E-state index >= 15 is 0 Å². The van der Waals surface area contributed by atoms with Crippen LogP contribution in [0, 0.1) is 33.1 Å². The molecule has 0 radical (unpaired) electrons. The van der Waals surface area contributed by atoms with Crippen molar-refractivity contribution in [3.05, 3.63) is 27.8 Å². The summed E-state index contributed by atoms with van der Waals surface area (Å²) in [5, 5.41) is 0. The van der Waals surface area contributed by atoms with E-state index in [1.54, 1.807) is 6.92 Å². The molecule has 0 amide bonds. The zero-order valence-corrected chi connectivity index (χ0v) is 12.2. The van der Waals surface area contributed by atoms with Crippen LogP contribution in [0.2, 0.25) is 0 Å². The maximum absolute atomic E-state index is 12.8. The lowest BCUT2D eigenvalue weighted by molar-refractivity contribution is 0.0598. The number of esters is 1. The summed E-state index contributed by atoms with van der Waals surface area (Å²) in [6.07, 6.45) is 5.34. The van der Waals surface area contributed by atoms with Crippen molar-refractivity contribution in [2.24, 2.45) is 0 Å². The van der Waals surface area contributed by atoms with E-state index in [4.69, 9.17) is 6.42 Å². The zero-order valence-electron chi connectivity index (χ0n) is 11.4. The minimum Gasteiger partial charge on any atom is -0.465 e. The monoisotopic (exact) mass is 300 g/mol. The first kappa shape index (κ1) is 16.0. The molecule has 20 heavy (non-hydrogen) atoms. The molecule has 0 aliphatic rings. The van der Waals surface area contributed by atoms with Crippen molar-refractivity contribution >= 4 is 16.5 Å². The second-order valence-electron chi connectivity index (χ2n) is 4.07. The van der Waals surface area contributed by atoms with Crippen LogP contribution in [0.3, 0.4) is 0 Å². The van der Waals surface area contributed by atoms with Gasteiger partial charge in [0.25, 0.3) is 0 Å². The number of methoxy groups -OCH3 is 1. The Balaban J connectivity index is 3.78. The van der Waals surface area contributed by atoms with E-state index < -0.39 is 16.5 Å². The van der Waals surface area contributed by atoms with Gasteiger partial charge in [0, 0.05) is 16.7 Å². The van der Waals surface area contributed by atoms with Crippen LogP contribution in [0.1, 0.15) is 32.6 Å². The molecule has 0 fully saturated rings. The highest BCUT2D eigenvalue weighted by molar-refractivity contribution is 7.81. The summed E-state index contributed by atoms with van der Waals surface area (Å²) >= 11 is 0. The molecule has 108 valence electrons. The molecule has 0 N–H and O–H groups in total. The Morgan fingerprint density at radius 3 is 2.15 bits per heavy atom. The Morgan fingerprint density at radius 1 is 1.20 bits per heavy atom. The smallest absolute Gasteiger partial charge is 0.465 e. The number of terminal acetylenes is 1. The minimum atomic E-state index is -5.23. The Hall–Kier alpha value is -2.07. The Kier molecular flexibility index (Phi) is 4.40. The maximum atomic E-state index is 12.8. The zero-order chi connectivity index (χ0) is 15.7. The Labute approximate surface area is 117 Å². The van der Waals surface area contributed by atoms with Crippen LogP contribution in [0.25, 0.3) is 0 Å². The number of carbonyl (C=O) groups is 1. The van der Waals surface area contributed by atoms with Crippen LogP contribution >= 0.6 is 0 Å². The number of ether oxygens (including phenoxy) is 1. The highest BCUT2D eigenvalue weighted by Gasteiger charge is 2.25. The molecular formula is C13H13FO5S. The van der Waals surface area contributed by atoms with Crippen LogP contribution in [0.5, 0.6) is 5.75 Å². The van der Waals surface area contributed by atoms with Crippen molar-refractivity contribution in [2.75, 3.05) is 7.11 Å². The summed E-state index contributed by atoms with van der Waals surface area (Å²) in [5.41, 5.74) is 1.17. The van der Waals surface area contributed by atoms with E-state index in [1.165, 1.54) is 21.0 Å². The third kappa shape index (κ3) is 2.91. The van der Waals surface area contributed by atoms with Crippen molar-refractivity contribution in [1.82, 2.24) is 0 Å². The number of carbonyl (C=O) groups excluding carboxylic acids is 1. The van der Waals surface area contributed by atoms with E-state index in [-0.39, 0.29) is 28.0 Å². The normalized spacial score (nSPS) is 10.8. The van der Waals surface area contributed by atoms with Gasteiger partial charge in [-0.3, -0.25) is 0 Å². The van der Waals surface area contributed by atoms with E-state index in [9.17, 15) is 17.1 Å². The molecule has 0 saturated carbocycles. The molecule has 1 aromatic rings. The summed E-state index contributed by atoms with van der Waals surface area (Å²) < 4.78 is 43.0. The van der Waals surface area contributed by atoms with E-state index in [0.717, 1.165) is 0 Å². The number of hydrogen-bond acceptors (Lipinski definition) is 5. The van der Waals surface area contributed by atoms with Crippen molar-refractivity contribution < 1.29 is 26.0 Å². The number of halogens is 1. The standard InChI is InChI=1S/C13H13FO5S/c1-6-10-7(2)11(13(15)18-5)9(4)12(8(10)3)19-20(14,16)17/h1H,2-5H3. The van der Waals surface area contributed by atoms with E-state index in [1.807, 2.05) is 0 Å². The molecule has 0 bridgehead atoms. The fraction of sp³-hybridized carbons (Fsp3) is 0.308. The highest BCUT2D eigenvalue weighted by atomic mass is 32.3. The average molecular weight is 300 g/mol. The molecular weight excluding hydrogens is 287 g/mol. The summed E-state index contributed by atoms with van der Waals surface area (Å²) in [5.74, 6) is 1.32. The molecule has 7 heteroatoms. The van der Waals surface area contributed by atoms with Crippen molar-refractivity contribution in [3.8, 4) is 18.1 Å². The van der Waals surface area contributed by atoms with Crippen LogP contribution in [0.15, 0.2) is 0 Å².